The molecule has 3 aromatic rings. The third-order valence-electron chi connectivity index (χ3n) is 5.17. The van der Waals surface area contributed by atoms with Crippen molar-refractivity contribution in [1.29, 1.82) is 0 Å². The molecule has 0 atom stereocenters. The van der Waals surface area contributed by atoms with E-state index in [1.165, 1.54) is 0 Å². The van der Waals surface area contributed by atoms with Crippen molar-refractivity contribution in [3.63, 3.8) is 0 Å². The van der Waals surface area contributed by atoms with Crippen molar-refractivity contribution < 1.29 is 4.79 Å². The van der Waals surface area contributed by atoms with Gasteiger partial charge in [0.05, 0.1) is 27.7 Å². The molecule has 7 heteroatoms. The second-order valence-electron chi connectivity index (χ2n) is 7.18. The Morgan fingerprint density at radius 2 is 2.04 bits per heavy atom. The minimum Gasteiger partial charge on any atom is -0.336 e. The molecule has 0 radical (unpaired) electrons. The summed E-state index contributed by atoms with van der Waals surface area (Å²) in [5.74, 6) is 0.0827. The Kier molecular flexibility index (Phi) is 4.97. The van der Waals surface area contributed by atoms with Gasteiger partial charge in [0.15, 0.2) is 5.65 Å². The average Bonchev–Trinajstić information content (AvgIpc) is 3.36. The number of rotatable bonds is 4. The fourth-order valence-corrected chi connectivity index (χ4v) is 4.25. The van der Waals surface area contributed by atoms with Crippen molar-refractivity contribution in [3.8, 4) is 10.6 Å². The van der Waals surface area contributed by atoms with Gasteiger partial charge in [-0.3, -0.25) is 4.79 Å². The first-order valence-electron chi connectivity index (χ1n) is 9.52. The fraction of sp³-hybridized carbons (Fsp3) is 0.450. The van der Waals surface area contributed by atoms with Crippen molar-refractivity contribution in [3.05, 3.63) is 35.3 Å². The van der Waals surface area contributed by atoms with Gasteiger partial charge in [-0.05, 0) is 37.9 Å². The number of aromatic nitrogens is 3. The van der Waals surface area contributed by atoms with Crippen LogP contribution in [-0.2, 0) is 0 Å². The van der Waals surface area contributed by atoms with Gasteiger partial charge in [0.1, 0.15) is 0 Å². The van der Waals surface area contributed by atoms with Gasteiger partial charge in [-0.15, -0.1) is 11.3 Å². The van der Waals surface area contributed by atoms with Gasteiger partial charge in [-0.1, -0.05) is 13.0 Å². The summed E-state index contributed by atoms with van der Waals surface area (Å²) in [7, 11) is 0. The lowest BCUT2D eigenvalue weighted by Crippen LogP contribution is -2.48. The Morgan fingerprint density at radius 3 is 2.67 bits per heavy atom. The summed E-state index contributed by atoms with van der Waals surface area (Å²) >= 11 is 1.64. The molecule has 0 aliphatic carbocycles. The second kappa shape index (κ2) is 7.40. The summed E-state index contributed by atoms with van der Waals surface area (Å²) in [5.41, 5.74) is 2.34. The number of carbonyl (C=O) groups is 1. The summed E-state index contributed by atoms with van der Waals surface area (Å²) < 4.78 is 1.90. The van der Waals surface area contributed by atoms with Crippen LogP contribution in [0.15, 0.2) is 29.8 Å². The number of thiophene rings is 1. The van der Waals surface area contributed by atoms with Crippen LogP contribution in [0.4, 0.5) is 0 Å². The number of likely N-dealkylation sites (N-methyl/N-ethyl adjacent to an activating group) is 1. The van der Waals surface area contributed by atoms with Crippen LogP contribution in [0.5, 0.6) is 0 Å². The van der Waals surface area contributed by atoms with E-state index in [2.05, 4.69) is 30.8 Å². The van der Waals surface area contributed by atoms with Crippen LogP contribution in [0.3, 0.4) is 0 Å². The molecule has 4 rings (SSSR count). The quantitative estimate of drug-likeness (QED) is 0.692. The molecule has 6 nitrogen and oxygen atoms in total. The van der Waals surface area contributed by atoms with Crippen molar-refractivity contribution in [2.45, 2.75) is 26.8 Å². The van der Waals surface area contributed by atoms with Crippen LogP contribution in [-0.4, -0.2) is 63.2 Å². The van der Waals surface area contributed by atoms with E-state index < -0.39 is 0 Å². The van der Waals surface area contributed by atoms with Crippen molar-refractivity contribution in [2.24, 2.45) is 0 Å². The fourth-order valence-electron chi connectivity index (χ4n) is 3.56. The summed E-state index contributed by atoms with van der Waals surface area (Å²) in [6.07, 6.45) is 1.79. The standard InChI is InChI=1S/C20H25N5OS/c1-4-23-7-9-24(10-8-23)20(26)15-12-17(18-6-5-11-27-18)22-19-16(15)13-21-25(19)14(2)3/h5-6,11-14H,4,7-10H2,1-3H3. The number of hydrogen-bond acceptors (Lipinski definition) is 5. The lowest BCUT2D eigenvalue weighted by Gasteiger charge is -2.34. The third-order valence-corrected chi connectivity index (χ3v) is 6.06. The molecule has 1 saturated heterocycles. The summed E-state index contributed by atoms with van der Waals surface area (Å²) in [6.45, 7) is 10.8. The molecule has 0 bridgehead atoms. The predicted molar refractivity (Wildman–Crippen MR) is 109 cm³/mol. The number of pyridine rings is 1. The van der Waals surface area contributed by atoms with Crippen LogP contribution in [0.2, 0.25) is 0 Å². The minimum absolute atomic E-state index is 0.0827. The van der Waals surface area contributed by atoms with Gasteiger partial charge in [-0.2, -0.15) is 5.10 Å². The van der Waals surface area contributed by atoms with Crippen LogP contribution in [0.25, 0.3) is 21.6 Å². The average molecular weight is 384 g/mol. The Balaban J connectivity index is 1.78. The maximum Gasteiger partial charge on any atom is 0.254 e. The molecule has 142 valence electrons. The van der Waals surface area contributed by atoms with Gasteiger partial charge in [0, 0.05) is 32.2 Å². The lowest BCUT2D eigenvalue weighted by atomic mass is 10.1. The molecular formula is C20H25N5OS. The van der Waals surface area contributed by atoms with E-state index in [0.29, 0.717) is 5.56 Å². The number of amides is 1. The van der Waals surface area contributed by atoms with Gasteiger partial charge in [0.2, 0.25) is 0 Å². The van der Waals surface area contributed by atoms with Gasteiger partial charge in [-0.25, -0.2) is 9.67 Å². The largest absolute Gasteiger partial charge is 0.336 e. The van der Waals surface area contributed by atoms with E-state index in [0.717, 1.165) is 54.3 Å². The summed E-state index contributed by atoms with van der Waals surface area (Å²) in [4.78, 5) is 23.6. The first-order valence-corrected chi connectivity index (χ1v) is 10.4. The highest BCUT2D eigenvalue weighted by Crippen LogP contribution is 2.29. The molecule has 27 heavy (non-hydrogen) atoms. The monoisotopic (exact) mass is 383 g/mol. The lowest BCUT2D eigenvalue weighted by molar-refractivity contribution is 0.0645. The summed E-state index contributed by atoms with van der Waals surface area (Å²) in [6, 6.07) is 6.18. The van der Waals surface area contributed by atoms with Gasteiger partial charge < -0.3 is 9.80 Å². The van der Waals surface area contributed by atoms with Gasteiger partial charge in [0.25, 0.3) is 5.91 Å². The number of hydrogen-bond donors (Lipinski definition) is 0. The number of carbonyl (C=O) groups excluding carboxylic acids is 1. The second-order valence-corrected chi connectivity index (χ2v) is 8.13. The molecule has 0 spiro atoms. The first kappa shape index (κ1) is 18.1. The van der Waals surface area contributed by atoms with Crippen LogP contribution < -0.4 is 0 Å². The van der Waals surface area contributed by atoms with Crippen LogP contribution >= 0.6 is 11.3 Å². The van der Waals surface area contributed by atoms with Crippen molar-refractivity contribution >= 4 is 28.3 Å². The van der Waals surface area contributed by atoms with E-state index in [1.807, 2.05) is 33.2 Å². The van der Waals surface area contributed by atoms with E-state index >= 15 is 0 Å². The molecule has 1 aliphatic rings. The number of piperazine rings is 1. The van der Waals surface area contributed by atoms with Gasteiger partial charge >= 0.3 is 0 Å². The highest BCUT2D eigenvalue weighted by molar-refractivity contribution is 7.13. The molecular weight excluding hydrogens is 358 g/mol. The molecule has 0 saturated carbocycles. The molecule has 1 fully saturated rings. The SMILES string of the molecule is CCN1CCN(C(=O)c2cc(-c3cccs3)nc3c2cnn3C(C)C)CC1. The van der Waals surface area contributed by atoms with E-state index in [1.54, 1.807) is 17.5 Å². The molecule has 4 heterocycles. The van der Waals surface area contributed by atoms with Crippen molar-refractivity contribution in [1.82, 2.24) is 24.6 Å². The summed E-state index contributed by atoms with van der Waals surface area (Å²) in [5, 5.41) is 7.38. The number of fused-ring (bicyclic) bond motifs is 1. The van der Waals surface area contributed by atoms with Crippen LogP contribution in [0.1, 0.15) is 37.2 Å². The predicted octanol–water partition coefficient (Wildman–Crippen LogP) is 3.52. The smallest absolute Gasteiger partial charge is 0.254 e. The molecule has 3 aromatic heterocycles. The Morgan fingerprint density at radius 1 is 1.26 bits per heavy atom. The molecule has 0 aromatic carbocycles. The number of nitrogens with zero attached hydrogens (tertiary/aromatic N) is 5. The third kappa shape index (κ3) is 3.37. The minimum atomic E-state index is 0.0827. The topological polar surface area (TPSA) is 54.3 Å². The molecule has 0 unspecified atom stereocenters. The van der Waals surface area contributed by atoms with Crippen LogP contribution in [0, 0.1) is 0 Å². The zero-order chi connectivity index (χ0) is 19.0. The molecule has 0 N–H and O–H groups in total. The van der Waals surface area contributed by atoms with E-state index in [4.69, 9.17) is 4.98 Å². The zero-order valence-corrected chi connectivity index (χ0v) is 16.9. The molecule has 1 amide bonds. The van der Waals surface area contributed by atoms with E-state index in [9.17, 15) is 4.79 Å². The Labute approximate surface area is 163 Å². The highest BCUT2D eigenvalue weighted by Gasteiger charge is 2.25. The van der Waals surface area contributed by atoms with E-state index in [-0.39, 0.29) is 11.9 Å². The van der Waals surface area contributed by atoms with Crippen molar-refractivity contribution in [2.75, 3.05) is 32.7 Å². The maximum absolute atomic E-state index is 13.4. The Bertz CT molecular complexity index is 939. The first-order chi connectivity index (χ1) is 13.1. The zero-order valence-electron chi connectivity index (χ0n) is 16.1. The maximum atomic E-state index is 13.4. The molecule has 1 aliphatic heterocycles. The highest BCUT2D eigenvalue weighted by atomic mass is 32.1. The Hall–Kier alpha value is -2.25. The normalized spacial score (nSPS) is 15.8.